The molecular formula is C6H8FN. The van der Waals surface area contributed by atoms with Gasteiger partial charge in [-0.25, -0.2) is 4.39 Å². The van der Waals surface area contributed by atoms with E-state index in [1.165, 1.54) is 6.08 Å². The molecular weight excluding hydrogens is 105 g/mol. The van der Waals surface area contributed by atoms with Crippen LogP contribution in [0.4, 0.5) is 4.39 Å². The normalized spacial score (nSPS) is 26.8. The molecule has 44 valence electrons. The van der Waals surface area contributed by atoms with Crippen molar-refractivity contribution in [3.05, 3.63) is 23.9 Å². The van der Waals surface area contributed by atoms with Crippen molar-refractivity contribution < 1.29 is 4.39 Å². The minimum absolute atomic E-state index is 0.969. The second-order valence-electron chi connectivity index (χ2n) is 1.81. The lowest BCUT2D eigenvalue weighted by atomic mass is 10.2. The average Bonchev–Trinajstić information content (AvgIpc) is 1.64. The number of halogens is 1. The summed E-state index contributed by atoms with van der Waals surface area (Å²) in [5.74, 6) is 0. The molecule has 1 nitrogen and oxygen atoms in total. The average molecular weight is 113 g/mol. The van der Waals surface area contributed by atoms with Gasteiger partial charge in [0.25, 0.3) is 0 Å². The fourth-order valence-electron chi connectivity index (χ4n) is 0.606. The first-order valence-electron chi connectivity index (χ1n) is 2.54. The standard InChI is InChI=1S/C6H8FN/c1-5-2-3-8-6(7)4-5/h2-4,6,8H,1H3. The van der Waals surface area contributed by atoms with Crippen LogP contribution in [0.25, 0.3) is 0 Å². The summed E-state index contributed by atoms with van der Waals surface area (Å²) >= 11 is 0. The van der Waals surface area contributed by atoms with Gasteiger partial charge in [0.1, 0.15) is 0 Å². The third-order valence-electron chi connectivity index (χ3n) is 1.01. The second kappa shape index (κ2) is 1.99. The van der Waals surface area contributed by atoms with Crippen molar-refractivity contribution in [2.75, 3.05) is 0 Å². The van der Waals surface area contributed by atoms with Crippen LogP contribution in [0.1, 0.15) is 6.92 Å². The molecule has 1 N–H and O–H groups in total. The minimum atomic E-state index is -0.986. The first-order valence-corrected chi connectivity index (χ1v) is 2.54. The molecule has 0 fully saturated rings. The van der Waals surface area contributed by atoms with Gasteiger partial charge >= 0.3 is 0 Å². The third-order valence-corrected chi connectivity index (χ3v) is 1.01. The van der Waals surface area contributed by atoms with E-state index in [-0.39, 0.29) is 0 Å². The molecule has 0 saturated heterocycles. The zero-order chi connectivity index (χ0) is 5.98. The molecule has 0 aromatic rings. The molecule has 1 atom stereocenters. The molecule has 1 aliphatic heterocycles. The van der Waals surface area contributed by atoms with E-state index in [2.05, 4.69) is 5.32 Å². The zero-order valence-corrected chi connectivity index (χ0v) is 4.69. The van der Waals surface area contributed by atoms with Crippen molar-refractivity contribution in [2.24, 2.45) is 0 Å². The van der Waals surface area contributed by atoms with E-state index in [0.29, 0.717) is 0 Å². The Bertz CT molecular complexity index is 137. The van der Waals surface area contributed by atoms with E-state index in [1.54, 1.807) is 6.20 Å². The second-order valence-corrected chi connectivity index (χ2v) is 1.81. The number of rotatable bonds is 0. The van der Waals surface area contributed by atoms with Crippen LogP contribution in [0, 0.1) is 0 Å². The summed E-state index contributed by atoms with van der Waals surface area (Å²) in [4.78, 5) is 0. The van der Waals surface area contributed by atoms with Crippen molar-refractivity contribution in [3.63, 3.8) is 0 Å². The van der Waals surface area contributed by atoms with Gasteiger partial charge in [0.2, 0.25) is 0 Å². The van der Waals surface area contributed by atoms with E-state index in [0.717, 1.165) is 5.57 Å². The van der Waals surface area contributed by atoms with Gasteiger partial charge in [-0.05, 0) is 30.8 Å². The molecule has 0 aliphatic carbocycles. The summed E-state index contributed by atoms with van der Waals surface area (Å²) in [6.45, 7) is 1.86. The number of nitrogens with one attached hydrogen (secondary N) is 1. The molecule has 0 bridgehead atoms. The predicted molar refractivity (Wildman–Crippen MR) is 30.9 cm³/mol. The molecule has 1 aliphatic rings. The van der Waals surface area contributed by atoms with Gasteiger partial charge in [-0.2, -0.15) is 0 Å². The summed E-state index contributed by atoms with van der Waals surface area (Å²) < 4.78 is 12.2. The fourth-order valence-corrected chi connectivity index (χ4v) is 0.606. The van der Waals surface area contributed by atoms with Crippen molar-refractivity contribution in [1.29, 1.82) is 0 Å². The van der Waals surface area contributed by atoms with Gasteiger partial charge < -0.3 is 5.32 Å². The molecule has 0 aromatic heterocycles. The monoisotopic (exact) mass is 113 g/mol. The predicted octanol–water partition coefficient (Wildman–Crippen LogP) is 1.35. The lowest BCUT2D eigenvalue weighted by Crippen LogP contribution is -2.18. The summed E-state index contributed by atoms with van der Waals surface area (Å²) in [7, 11) is 0. The molecule has 0 saturated carbocycles. The van der Waals surface area contributed by atoms with Crippen LogP contribution < -0.4 is 5.32 Å². The van der Waals surface area contributed by atoms with Crippen molar-refractivity contribution in [3.8, 4) is 0 Å². The smallest absolute Gasteiger partial charge is 0.189 e. The Hall–Kier alpha value is -0.790. The van der Waals surface area contributed by atoms with Gasteiger partial charge in [0.05, 0.1) is 0 Å². The highest BCUT2D eigenvalue weighted by Gasteiger charge is 2.00. The molecule has 0 amide bonds. The number of hydrogen-bond acceptors (Lipinski definition) is 1. The Morgan fingerprint density at radius 1 is 1.75 bits per heavy atom. The van der Waals surface area contributed by atoms with Gasteiger partial charge in [0.15, 0.2) is 6.30 Å². The Balaban J connectivity index is 2.63. The maximum Gasteiger partial charge on any atom is 0.189 e. The first kappa shape index (κ1) is 5.35. The van der Waals surface area contributed by atoms with E-state index in [4.69, 9.17) is 0 Å². The van der Waals surface area contributed by atoms with E-state index < -0.39 is 6.30 Å². The van der Waals surface area contributed by atoms with Crippen LogP contribution in [0.15, 0.2) is 23.9 Å². The highest BCUT2D eigenvalue weighted by molar-refractivity contribution is 5.20. The zero-order valence-electron chi connectivity index (χ0n) is 4.69. The Morgan fingerprint density at radius 3 is 2.88 bits per heavy atom. The SMILES string of the molecule is CC1=CC(F)NC=C1. The fraction of sp³-hybridized carbons (Fsp3) is 0.333. The minimum Gasteiger partial charge on any atom is -0.359 e. The third kappa shape index (κ3) is 1.09. The molecule has 1 unspecified atom stereocenters. The molecule has 8 heavy (non-hydrogen) atoms. The van der Waals surface area contributed by atoms with Gasteiger partial charge in [-0.15, -0.1) is 0 Å². The summed E-state index contributed by atoms with van der Waals surface area (Å²) in [5.41, 5.74) is 0.969. The van der Waals surface area contributed by atoms with E-state index in [9.17, 15) is 4.39 Å². The van der Waals surface area contributed by atoms with Crippen LogP contribution in [0.5, 0.6) is 0 Å². The van der Waals surface area contributed by atoms with Gasteiger partial charge in [0, 0.05) is 0 Å². The Morgan fingerprint density at radius 2 is 2.50 bits per heavy atom. The lowest BCUT2D eigenvalue weighted by molar-refractivity contribution is 0.363. The highest BCUT2D eigenvalue weighted by atomic mass is 19.1. The van der Waals surface area contributed by atoms with Crippen LogP contribution in [0.2, 0.25) is 0 Å². The van der Waals surface area contributed by atoms with E-state index >= 15 is 0 Å². The highest BCUT2D eigenvalue weighted by Crippen LogP contribution is 2.02. The number of dihydropyridines is 1. The number of alkyl halides is 1. The van der Waals surface area contributed by atoms with Crippen LogP contribution in [-0.2, 0) is 0 Å². The van der Waals surface area contributed by atoms with Crippen molar-refractivity contribution in [2.45, 2.75) is 13.2 Å². The lowest BCUT2D eigenvalue weighted by Gasteiger charge is -2.07. The summed E-state index contributed by atoms with van der Waals surface area (Å²) in [6, 6.07) is 0. The summed E-state index contributed by atoms with van der Waals surface area (Å²) in [5, 5.41) is 2.49. The van der Waals surface area contributed by atoms with Crippen molar-refractivity contribution in [1.82, 2.24) is 5.32 Å². The quantitative estimate of drug-likeness (QED) is 0.467. The van der Waals surface area contributed by atoms with Crippen molar-refractivity contribution >= 4 is 0 Å². The largest absolute Gasteiger partial charge is 0.359 e. The number of allylic oxidation sites excluding steroid dienone is 2. The molecule has 0 spiro atoms. The Kier molecular flexibility index (Phi) is 1.33. The molecule has 1 heterocycles. The Labute approximate surface area is 47.9 Å². The topological polar surface area (TPSA) is 12.0 Å². The van der Waals surface area contributed by atoms with Crippen LogP contribution in [-0.4, -0.2) is 6.30 Å². The van der Waals surface area contributed by atoms with Crippen LogP contribution >= 0.6 is 0 Å². The number of hydrogen-bond donors (Lipinski definition) is 1. The van der Waals surface area contributed by atoms with Gasteiger partial charge in [-0.1, -0.05) is 0 Å². The van der Waals surface area contributed by atoms with Crippen LogP contribution in [0.3, 0.4) is 0 Å². The maximum absolute atomic E-state index is 12.2. The molecule has 2 heteroatoms. The molecule has 0 radical (unpaired) electrons. The molecule has 1 rings (SSSR count). The van der Waals surface area contributed by atoms with E-state index in [1.807, 2.05) is 13.0 Å². The molecule has 0 aromatic carbocycles. The first-order chi connectivity index (χ1) is 3.79. The summed E-state index contributed by atoms with van der Waals surface area (Å²) in [6.07, 6.45) is 3.98. The maximum atomic E-state index is 12.2. The van der Waals surface area contributed by atoms with Gasteiger partial charge in [-0.3, -0.25) is 0 Å².